The second-order valence-electron chi connectivity index (χ2n) is 7.57. The van der Waals surface area contributed by atoms with Gasteiger partial charge in [0, 0.05) is 10.6 Å². The second kappa shape index (κ2) is 10.4. The van der Waals surface area contributed by atoms with Crippen LogP contribution in [0.4, 0.5) is 0 Å². The Morgan fingerprint density at radius 3 is 2.21 bits per heavy atom. The highest BCUT2D eigenvalue weighted by Gasteiger charge is 2.40. The van der Waals surface area contributed by atoms with Crippen molar-refractivity contribution in [1.82, 2.24) is 0 Å². The van der Waals surface area contributed by atoms with Crippen molar-refractivity contribution < 1.29 is 29.0 Å². The molecule has 3 aromatic rings. The van der Waals surface area contributed by atoms with Gasteiger partial charge in [0.25, 0.3) is 5.71 Å². The highest BCUT2D eigenvalue weighted by molar-refractivity contribution is 6.35. The number of ether oxygens (including phenoxy) is 3. The minimum absolute atomic E-state index is 0.227. The van der Waals surface area contributed by atoms with Crippen molar-refractivity contribution in [3.63, 3.8) is 0 Å². The van der Waals surface area contributed by atoms with E-state index in [0.29, 0.717) is 52.2 Å². The third kappa shape index (κ3) is 4.92. The van der Waals surface area contributed by atoms with Gasteiger partial charge in [-0.2, -0.15) is 0 Å². The first-order valence-corrected chi connectivity index (χ1v) is 11.3. The van der Waals surface area contributed by atoms with Crippen molar-refractivity contribution in [2.75, 3.05) is 26.9 Å². The van der Waals surface area contributed by atoms with Gasteiger partial charge in [0.05, 0.1) is 12.2 Å². The van der Waals surface area contributed by atoms with E-state index >= 15 is 0 Å². The largest absolute Gasteiger partial charge is 0.490 e. The minimum Gasteiger partial charge on any atom is -0.490 e. The van der Waals surface area contributed by atoms with Gasteiger partial charge < -0.3 is 14.2 Å². The Labute approximate surface area is 203 Å². The average Bonchev–Trinajstić information content (AvgIpc) is 3.18. The number of hydroxylamine groups is 1. The van der Waals surface area contributed by atoms with Crippen LogP contribution in [0.15, 0.2) is 78.4 Å². The number of fused-ring (bicyclic) bond motifs is 1. The fraction of sp³-hybridized carbons (Fsp3) is 0.185. The predicted molar refractivity (Wildman–Crippen MR) is 130 cm³/mol. The SMILES string of the molecule is CCOC(=O)C1=C(c2ccccc2)c2ccc(OCCOc3ccc(Cl)cc3)cc2C1=[N+](C)O. The quantitative estimate of drug-likeness (QED) is 0.162. The van der Waals surface area contributed by atoms with E-state index in [1.54, 1.807) is 31.2 Å². The molecule has 1 aliphatic carbocycles. The zero-order valence-corrected chi connectivity index (χ0v) is 19.7. The molecular formula is C27H25ClNO5+. The smallest absolute Gasteiger partial charge is 0.345 e. The summed E-state index contributed by atoms with van der Waals surface area (Å²) < 4.78 is 17.9. The zero-order valence-electron chi connectivity index (χ0n) is 19.0. The van der Waals surface area contributed by atoms with E-state index in [4.69, 9.17) is 25.8 Å². The number of esters is 1. The van der Waals surface area contributed by atoms with Gasteiger partial charge in [-0.3, -0.25) is 5.21 Å². The minimum atomic E-state index is -0.493. The number of halogens is 1. The lowest BCUT2D eigenvalue weighted by atomic mass is 9.97. The van der Waals surface area contributed by atoms with Crippen molar-refractivity contribution in [2.45, 2.75) is 6.92 Å². The van der Waals surface area contributed by atoms with E-state index < -0.39 is 5.97 Å². The summed E-state index contributed by atoms with van der Waals surface area (Å²) in [5.74, 6) is 0.804. The summed E-state index contributed by atoms with van der Waals surface area (Å²) in [4.78, 5) is 13.0. The summed E-state index contributed by atoms with van der Waals surface area (Å²) in [6.45, 7) is 2.64. The molecule has 1 aliphatic rings. The highest BCUT2D eigenvalue weighted by Crippen LogP contribution is 2.39. The molecule has 0 unspecified atom stereocenters. The number of hydrogen-bond donors (Lipinski definition) is 1. The zero-order chi connectivity index (χ0) is 24.1. The van der Waals surface area contributed by atoms with Gasteiger partial charge in [-0.1, -0.05) is 41.9 Å². The van der Waals surface area contributed by atoms with Crippen LogP contribution >= 0.6 is 11.6 Å². The van der Waals surface area contributed by atoms with E-state index in [1.807, 2.05) is 48.5 Å². The highest BCUT2D eigenvalue weighted by atomic mass is 35.5. The number of carbonyl (C=O) groups is 1. The monoisotopic (exact) mass is 478 g/mol. The molecule has 1 N–H and O–H groups in total. The molecule has 174 valence electrons. The van der Waals surface area contributed by atoms with Crippen LogP contribution in [0.1, 0.15) is 23.6 Å². The maximum Gasteiger partial charge on any atom is 0.345 e. The lowest BCUT2D eigenvalue weighted by molar-refractivity contribution is -0.753. The number of benzene rings is 3. The molecule has 0 saturated carbocycles. The van der Waals surface area contributed by atoms with Crippen molar-refractivity contribution in [1.29, 1.82) is 0 Å². The van der Waals surface area contributed by atoms with Crippen LogP contribution in [0, 0.1) is 0 Å². The predicted octanol–water partition coefficient (Wildman–Crippen LogP) is 5.00. The first kappa shape index (κ1) is 23.4. The van der Waals surface area contributed by atoms with Crippen LogP contribution in [0.5, 0.6) is 11.5 Å². The van der Waals surface area contributed by atoms with Gasteiger partial charge in [-0.25, -0.2) is 4.79 Å². The van der Waals surface area contributed by atoms with Crippen LogP contribution in [-0.2, 0) is 9.53 Å². The van der Waals surface area contributed by atoms with E-state index in [9.17, 15) is 10.0 Å². The Balaban J connectivity index is 1.61. The summed E-state index contributed by atoms with van der Waals surface area (Å²) >= 11 is 5.89. The van der Waals surface area contributed by atoms with Crippen LogP contribution in [-0.4, -0.2) is 48.5 Å². The second-order valence-corrected chi connectivity index (χ2v) is 8.00. The molecule has 0 bridgehead atoms. The lowest BCUT2D eigenvalue weighted by Gasteiger charge is -2.10. The Kier molecular flexibility index (Phi) is 7.18. The third-order valence-corrected chi connectivity index (χ3v) is 5.55. The molecule has 4 rings (SSSR count). The van der Waals surface area contributed by atoms with Crippen LogP contribution in [0.3, 0.4) is 0 Å². The number of carbonyl (C=O) groups excluding carboxylic acids is 1. The molecule has 0 heterocycles. The Morgan fingerprint density at radius 1 is 0.912 bits per heavy atom. The molecule has 6 nitrogen and oxygen atoms in total. The molecule has 0 fully saturated rings. The third-order valence-electron chi connectivity index (χ3n) is 5.30. The van der Waals surface area contributed by atoms with Crippen LogP contribution in [0.25, 0.3) is 5.57 Å². The summed E-state index contributed by atoms with van der Waals surface area (Å²) in [7, 11) is 1.49. The number of nitrogens with zero attached hydrogens (tertiary/aromatic N) is 1. The normalized spacial score (nSPS) is 14.0. The molecule has 34 heavy (non-hydrogen) atoms. The van der Waals surface area contributed by atoms with E-state index in [0.717, 1.165) is 15.9 Å². The van der Waals surface area contributed by atoms with Gasteiger partial charge in [-0.05, 0) is 65.3 Å². The van der Waals surface area contributed by atoms with Crippen molar-refractivity contribution >= 4 is 28.9 Å². The summed E-state index contributed by atoms with van der Waals surface area (Å²) in [5, 5.41) is 11.1. The Hall–Kier alpha value is -3.77. The molecule has 0 saturated heterocycles. The van der Waals surface area contributed by atoms with Crippen LogP contribution in [0.2, 0.25) is 5.02 Å². The fourth-order valence-corrected chi connectivity index (χ4v) is 4.03. The first-order chi connectivity index (χ1) is 16.5. The van der Waals surface area contributed by atoms with Crippen molar-refractivity contribution in [3.8, 4) is 11.5 Å². The fourth-order valence-electron chi connectivity index (χ4n) is 3.91. The molecule has 7 heteroatoms. The van der Waals surface area contributed by atoms with Crippen LogP contribution < -0.4 is 9.47 Å². The molecule has 3 aromatic carbocycles. The van der Waals surface area contributed by atoms with Gasteiger partial charge >= 0.3 is 5.97 Å². The van der Waals surface area contributed by atoms with Gasteiger partial charge in [0.2, 0.25) is 0 Å². The topological polar surface area (TPSA) is 68.0 Å². The molecule has 0 amide bonds. The van der Waals surface area contributed by atoms with E-state index in [1.165, 1.54) is 7.05 Å². The van der Waals surface area contributed by atoms with E-state index in [-0.39, 0.29) is 6.61 Å². The standard InChI is InChI=1S/C27H25ClNO5/c1-3-32-27(30)25-24(18-7-5-4-6-8-18)22-14-13-21(17-23(22)26(25)29(2)31)34-16-15-33-20-11-9-19(28)10-12-20/h4-14,17,31H,3,15-16H2,1-2H3/q+1. The van der Waals surface area contributed by atoms with Gasteiger partial charge in [0.1, 0.15) is 30.3 Å². The Bertz CT molecular complexity index is 1250. The van der Waals surface area contributed by atoms with Gasteiger partial charge in [-0.15, -0.1) is 0 Å². The Morgan fingerprint density at radius 2 is 1.56 bits per heavy atom. The summed E-state index contributed by atoms with van der Waals surface area (Å²) in [6, 6.07) is 22.2. The molecule has 0 atom stereocenters. The first-order valence-electron chi connectivity index (χ1n) is 10.9. The van der Waals surface area contributed by atoms with Gasteiger partial charge in [0.15, 0.2) is 7.05 Å². The molecule has 0 aliphatic heterocycles. The maximum atomic E-state index is 13.0. The average molecular weight is 479 g/mol. The summed E-state index contributed by atoms with van der Waals surface area (Å²) in [6.07, 6.45) is 0. The van der Waals surface area contributed by atoms with Crippen molar-refractivity contribution in [3.05, 3.63) is 100 Å². The molecule has 0 aromatic heterocycles. The molecule has 0 spiro atoms. The number of rotatable bonds is 8. The molecule has 0 radical (unpaired) electrons. The van der Waals surface area contributed by atoms with E-state index in [2.05, 4.69) is 0 Å². The van der Waals surface area contributed by atoms with Crippen molar-refractivity contribution in [2.24, 2.45) is 0 Å². The number of hydrogen-bond acceptors (Lipinski definition) is 5. The maximum absolute atomic E-state index is 13.0. The summed E-state index contributed by atoms with van der Waals surface area (Å²) in [5.41, 5.74) is 3.75. The molecular weight excluding hydrogens is 454 g/mol. The lowest BCUT2D eigenvalue weighted by Crippen LogP contribution is -2.22.